The number of amides is 1. The van der Waals surface area contributed by atoms with Crippen LogP contribution >= 0.6 is 0 Å². The minimum absolute atomic E-state index is 0.0978. The average molecular weight is 269 g/mol. The van der Waals surface area contributed by atoms with Crippen molar-refractivity contribution in [2.75, 3.05) is 27.2 Å². The molecule has 4 nitrogen and oxygen atoms in total. The molecule has 0 saturated heterocycles. The number of hydrogen-bond donors (Lipinski definition) is 2. The lowest BCUT2D eigenvalue weighted by Gasteiger charge is -2.48. The Morgan fingerprint density at radius 2 is 2.00 bits per heavy atom. The topological polar surface area (TPSA) is 58.4 Å². The van der Waals surface area contributed by atoms with Crippen LogP contribution in [0.1, 0.15) is 46.5 Å². The summed E-state index contributed by atoms with van der Waals surface area (Å²) in [5.74, 6) is 0.138. The van der Waals surface area contributed by atoms with Crippen molar-refractivity contribution in [3.05, 3.63) is 0 Å². The molecule has 0 aromatic heterocycles. The second kappa shape index (κ2) is 6.23. The second-order valence-electron chi connectivity index (χ2n) is 7.23. The lowest BCUT2D eigenvalue weighted by atomic mass is 9.61. The van der Waals surface area contributed by atoms with Gasteiger partial charge in [-0.05, 0) is 38.3 Å². The van der Waals surface area contributed by atoms with Crippen molar-refractivity contribution in [3.63, 3.8) is 0 Å². The van der Waals surface area contributed by atoms with E-state index in [0.29, 0.717) is 5.92 Å². The summed E-state index contributed by atoms with van der Waals surface area (Å²) >= 11 is 0. The predicted octanol–water partition coefficient (Wildman–Crippen LogP) is 1.60. The Morgan fingerprint density at radius 1 is 1.37 bits per heavy atom. The maximum Gasteiger partial charge on any atom is 0.238 e. The quantitative estimate of drug-likeness (QED) is 0.797. The molecule has 1 aliphatic rings. The number of likely N-dealkylation sites (N-methyl/N-ethyl adjacent to an activating group) is 1. The van der Waals surface area contributed by atoms with E-state index in [1.807, 2.05) is 14.1 Å². The van der Waals surface area contributed by atoms with Gasteiger partial charge in [0.05, 0.1) is 0 Å². The molecule has 112 valence electrons. The molecule has 2 atom stereocenters. The van der Waals surface area contributed by atoms with Gasteiger partial charge in [-0.2, -0.15) is 0 Å². The summed E-state index contributed by atoms with van der Waals surface area (Å²) in [6.45, 7) is 8.38. The van der Waals surface area contributed by atoms with Crippen molar-refractivity contribution in [1.82, 2.24) is 10.2 Å². The molecule has 0 aromatic rings. The number of nitrogens with one attached hydrogen (secondary N) is 1. The van der Waals surface area contributed by atoms with E-state index in [4.69, 9.17) is 5.73 Å². The Balaban J connectivity index is 2.90. The number of nitrogens with zero attached hydrogens (tertiary/aromatic N) is 1. The molecule has 0 radical (unpaired) electrons. The third-order valence-corrected chi connectivity index (χ3v) is 4.39. The maximum atomic E-state index is 12.2. The molecule has 0 spiro atoms. The number of carbonyl (C=O) groups excluding carboxylic acids is 1. The van der Waals surface area contributed by atoms with Crippen LogP contribution in [0.25, 0.3) is 0 Å². The highest BCUT2D eigenvalue weighted by Crippen LogP contribution is 2.44. The van der Waals surface area contributed by atoms with Gasteiger partial charge < -0.3 is 16.0 Å². The summed E-state index contributed by atoms with van der Waals surface area (Å²) < 4.78 is 0. The predicted molar refractivity (Wildman–Crippen MR) is 79.9 cm³/mol. The zero-order valence-corrected chi connectivity index (χ0v) is 13.3. The van der Waals surface area contributed by atoms with Gasteiger partial charge >= 0.3 is 0 Å². The largest absolute Gasteiger partial charge is 0.368 e. The Bertz CT molecular complexity index is 309. The first-order chi connectivity index (χ1) is 8.70. The van der Waals surface area contributed by atoms with Crippen molar-refractivity contribution < 1.29 is 4.79 Å². The zero-order valence-electron chi connectivity index (χ0n) is 13.3. The van der Waals surface area contributed by atoms with E-state index < -0.39 is 5.54 Å². The van der Waals surface area contributed by atoms with E-state index in [9.17, 15) is 4.79 Å². The van der Waals surface area contributed by atoms with Crippen LogP contribution in [-0.2, 0) is 4.79 Å². The molecule has 3 N–H and O–H groups in total. The third-order valence-electron chi connectivity index (χ3n) is 4.39. The summed E-state index contributed by atoms with van der Waals surface area (Å²) in [7, 11) is 4.08. The number of carbonyl (C=O) groups is 1. The van der Waals surface area contributed by atoms with Crippen molar-refractivity contribution in [3.8, 4) is 0 Å². The maximum absolute atomic E-state index is 12.2. The first kappa shape index (κ1) is 16.4. The van der Waals surface area contributed by atoms with Crippen molar-refractivity contribution >= 4 is 5.91 Å². The van der Waals surface area contributed by atoms with Gasteiger partial charge in [-0.1, -0.05) is 33.6 Å². The molecule has 2 unspecified atom stereocenters. The fourth-order valence-corrected chi connectivity index (χ4v) is 3.44. The van der Waals surface area contributed by atoms with Crippen molar-refractivity contribution in [2.45, 2.75) is 52.0 Å². The van der Waals surface area contributed by atoms with Crippen LogP contribution in [0.2, 0.25) is 0 Å². The average Bonchev–Trinajstić information content (AvgIpc) is 2.27. The molecule has 19 heavy (non-hydrogen) atoms. The van der Waals surface area contributed by atoms with Gasteiger partial charge in [-0.15, -0.1) is 0 Å². The first-order valence-electron chi connectivity index (χ1n) is 7.40. The zero-order chi connectivity index (χ0) is 14.7. The molecule has 0 bridgehead atoms. The minimum atomic E-state index is -0.521. The highest BCUT2D eigenvalue weighted by Gasteiger charge is 2.49. The number of nitrogens with two attached hydrogens (primary N) is 1. The fraction of sp³-hybridized carbons (Fsp3) is 0.933. The SMILES string of the molecule is CN(C)CCNC1(C(N)=O)CCCCC1C(C)(C)C. The molecule has 1 saturated carbocycles. The minimum Gasteiger partial charge on any atom is -0.368 e. The smallest absolute Gasteiger partial charge is 0.238 e. The van der Waals surface area contributed by atoms with Gasteiger partial charge in [-0.3, -0.25) is 4.79 Å². The monoisotopic (exact) mass is 269 g/mol. The van der Waals surface area contributed by atoms with Gasteiger partial charge in [-0.25, -0.2) is 0 Å². The van der Waals surface area contributed by atoms with Crippen LogP contribution in [0.4, 0.5) is 0 Å². The van der Waals surface area contributed by atoms with E-state index in [-0.39, 0.29) is 11.3 Å². The Kier molecular flexibility index (Phi) is 5.39. The summed E-state index contributed by atoms with van der Waals surface area (Å²) in [5.41, 5.74) is 5.37. The molecule has 0 heterocycles. The van der Waals surface area contributed by atoms with Gasteiger partial charge in [0, 0.05) is 13.1 Å². The molecule has 0 aromatic carbocycles. The number of primary amides is 1. The number of rotatable bonds is 5. The molecule has 0 aliphatic heterocycles. The van der Waals surface area contributed by atoms with E-state index in [1.54, 1.807) is 0 Å². The highest BCUT2D eigenvalue weighted by atomic mass is 16.1. The normalized spacial score (nSPS) is 28.6. The Labute approximate surface area is 118 Å². The summed E-state index contributed by atoms with van der Waals surface area (Å²) in [6.07, 6.45) is 4.25. The molecular formula is C15H31N3O. The van der Waals surface area contributed by atoms with Gasteiger partial charge in [0.1, 0.15) is 5.54 Å². The third kappa shape index (κ3) is 3.93. The van der Waals surface area contributed by atoms with E-state index in [1.165, 1.54) is 6.42 Å². The highest BCUT2D eigenvalue weighted by molar-refractivity contribution is 5.85. The van der Waals surface area contributed by atoms with Gasteiger partial charge in [0.2, 0.25) is 5.91 Å². The second-order valence-corrected chi connectivity index (χ2v) is 7.23. The fourth-order valence-electron chi connectivity index (χ4n) is 3.44. The van der Waals surface area contributed by atoms with Crippen molar-refractivity contribution in [2.24, 2.45) is 17.1 Å². The van der Waals surface area contributed by atoms with E-state index in [2.05, 4.69) is 31.0 Å². The van der Waals surface area contributed by atoms with Gasteiger partial charge in [0.15, 0.2) is 0 Å². The summed E-state index contributed by atoms with van der Waals surface area (Å²) in [5, 5.41) is 3.51. The Morgan fingerprint density at radius 3 is 2.47 bits per heavy atom. The molecule has 1 rings (SSSR count). The standard InChI is InChI=1S/C15H31N3O/c1-14(2,3)12-8-6-7-9-15(12,13(16)19)17-10-11-18(4)5/h12,17H,6-11H2,1-5H3,(H2,16,19). The number of hydrogen-bond acceptors (Lipinski definition) is 3. The lowest BCUT2D eigenvalue weighted by Crippen LogP contribution is -2.64. The molecule has 1 aliphatic carbocycles. The first-order valence-corrected chi connectivity index (χ1v) is 7.40. The van der Waals surface area contributed by atoms with Crippen molar-refractivity contribution in [1.29, 1.82) is 0 Å². The molecule has 4 heteroatoms. The molecular weight excluding hydrogens is 238 g/mol. The lowest BCUT2D eigenvalue weighted by molar-refractivity contribution is -0.131. The molecule has 1 fully saturated rings. The van der Waals surface area contributed by atoms with Crippen LogP contribution in [0.5, 0.6) is 0 Å². The van der Waals surface area contributed by atoms with E-state index >= 15 is 0 Å². The summed E-state index contributed by atoms with van der Waals surface area (Å²) in [4.78, 5) is 14.3. The molecule has 1 amide bonds. The summed E-state index contributed by atoms with van der Waals surface area (Å²) in [6, 6.07) is 0. The van der Waals surface area contributed by atoms with Crippen LogP contribution in [-0.4, -0.2) is 43.5 Å². The van der Waals surface area contributed by atoms with Gasteiger partial charge in [0.25, 0.3) is 0 Å². The Hall–Kier alpha value is -0.610. The van der Waals surface area contributed by atoms with E-state index in [0.717, 1.165) is 32.4 Å². The van der Waals surface area contributed by atoms with Crippen LogP contribution < -0.4 is 11.1 Å². The van der Waals surface area contributed by atoms with Crippen LogP contribution in [0.3, 0.4) is 0 Å². The van der Waals surface area contributed by atoms with Crippen LogP contribution in [0.15, 0.2) is 0 Å². The van der Waals surface area contributed by atoms with Crippen LogP contribution in [0, 0.1) is 11.3 Å².